The summed E-state index contributed by atoms with van der Waals surface area (Å²) in [6.07, 6.45) is 3.64. The van der Waals surface area contributed by atoms with Crippen LogP contribution >= 0.6 is 0 Å². The Labute approximate surface area is 118 Å². The van der Waals surface area contributed by atoms with Crippen LogP contribution in [0.3, 0.4) is 0 Å². The summed E-state index contributed by atoms with van der Waals surface area (Å²) in [5, 5.41) is 15.1. The summed E-state index contributed by atoms with van der Waals surface area (Å²) < 4.78 is 13.1. The number of anilines is 1. The van der Waals surface area contributed by atoms with Crippen LogP contribution in [0.15, 0.2) is 24.3 Å². The molecule has 1 saturated carbocycles. The molecule has 5 heteroatoms. The van der Waals surface area contributed by atoms with Gasteiger partial charge in [-0.2, -0.15) is 0 Å². The van der Waals surface area contributed by atoms with Crippen LogP contribution < -0.4 is 10.6 Å². The summed E-state index contributed by atoms with van der Waals surface area (Å²) in [6, 6.07) is 5.34. The van der Waals surface area contributed by atoms with Crippen LogP contribution in [0.25, 0.3) is 0 Å². The number of urea groups is 1. The summed E-state index contributed by atoms with van der Waals surface area (Å²) in [5.41, 5.74) is -0.158. The second-order valence-corrected chi connectivity index (χ2v) is 5.73. The molecular formula is C15H21FN2O2. The zero-order valence-corrected chi connectivity index (χ0v) is 11.7. The van der Waals surface area contributed by atoms with Gasteiger partial charge in [0.1, 0.15) is 5.82 Å². The zero-order valence-electron chi connectivity index (χ0n) is 11.7. The third-order valence-electron chi connectivity index (χ3n) is 3.86. The van der Waals surface area contributed by atoms with E-state index in [1.807, 2.05) is 0 Å². The van der Waals surface area contributed by atoms with Crippen molar-refractivity contribution in [3.05, 3.63) is 30.1 Å². The molecule has 0 bridgehead atoms. The Morgan fingerprint density at radius 2 is 2.35 bits per heavy atom. The van der Waals surface area contributed by atoms with Crippen LogP contribution in [0.1, 0.15) is 32.6 Å². The first-order valence-corrected chi connectivity index (χ1v) is 6.99. The van der Waals surface area contributed by atoms with Gasteiger partial charge in [0.15, 0.2) is 0 Å². The number of carbonyl (C=O) groups is 1. The van der Waals surface area contributed by atoms with Crippen molar-refractivity contribution in [2.45, 2.75) is 38.1 Å². The average Bonchev–Trinajstić information content (AvgIpc) is 2.38. The van der Waals surface area contributed by atoms with E-state index in [9.17, 15) is 14.3 Å². The second kappa shape index (κ2) is 6.22. The smallest absolute Gasteiger partial charge is 0.319 e. The monoisotopic (exact) mass is 280 g/mol. The molecule has 1 aromatic carbocycles. The van der Waals surface area contributed by atoms with E-state index in [2.05, 4.69) is 17.6 Å². The maximum Gasteiger partial charge on any atom is 0.319 e. The molecule has 1 aliphatic rings. The Bertz CT molecular complexity index is 481. The molecule has 1 aromatic rings. The molecule has 1 fully saturated rings. The number of hydrogen-bond donors (Lipinski definition) is 3. The number of aliphatic hydroxyl groups is 1. The highest BCUT2D eigenvalue weighted by Crippen LogP contribution is 2.32. The van der Waals surface area contributed by atoms with Crippen molar-refractivity contribution in [2.24, 2.45) is 5.92 Å². The molecule has 3 N–H and O–H groups in total. The maximum absolute atomic E-state index is 13.1. The minimum absolute atomic E-state index is 0.0755. The third kappa shape index (κ3) is 3.70. The van der Waals surface area contributed by atoms with Crippen molar-refractivity contribution < 1.29 is 14.3 Å². The second-order valence-electron chi connectivity index (χ2n) is 5.73. The van der Waals surface area contributed by atoms with Crippen LogP contribution in [0.2, 0.25) is 0 Å². The summed E-state index contributed by atoms with van der Waals surface area (Å²) >= 11 is 0. The lowest BCUT2D eigenvalue weighted by Gasteiger charge is -2.39. The van der Waals surface area contributed by atoms with Crippen LogP contribution in [0.4, 0.5) is 14.9 Å². The molecule has 4 nitrogen and oxygen atoms in total. The van der Waals surface area contributed by atoms with E-state index in [1.54, 1.807) is 6.07 Å². The first kappa shape index (κ1) is 14.8. The molecule has 110 valence electrons. The predicted molar refractivity (Wildman–Crippen MR) is 76.0 cm³/mol. The summed E-state index contributed by atoms with van der Waals surface area (Å²) in [6.45, 7) is 2.05. The van der Waals surface area contributed by atoms with Crippen molar-refractivity contribution >= 4 is 11.7 Å². The number of carbonyl (C=O) groups excluding carboxylic acids is 1. The summed E-state index contributed by atoms with van der Waals surface area (Å²) in [5.74, 6) is 0.0799. The molecule has 0 spiro atoms. The van der Waals surface area contributed by atoms with Gasteiger partial charge in [0, 0.05) is 5.69 Å². The lowest BCUT2D eigenvalue weighted by atomic mass is 9.77. The van der Waals surface area contributed by atoms with E-state index in [0.717, 1.165) is 25.7 Å². The molecule has 0 aromatic heterocycles. The lowest BCUT2D eigenvalue weighted by Crippen LogP contribution is -2.55. The van der Waals surface area contributed by atoms with Crippen molar-refractivity contribution in [3.63, 3.8) is 0 Å². The van der Waals surface area contributed by atoms with Crippen LogP contribution in [-0.2, 0) is 0 Å². The van der Waals surface area contributed by atoms with Gasteiger partial charge in [0.2, 0.25) is 0 Å². The first-order chi connectivity index (χ1) is 9.53. The fraction of sp³-hybridized carbons (Fsp3) is 0.533. The van der Waals surface area contributed by atoms with E-state index in [4.69, 9.17) is 0 Å². The standard InChI is InChI=1S/C15H21FN2O2/c1-11-4-3-7-15(9-11,10-19)18-14(20)17-13-6-2-5-12(16)8-13/h2,5-6,8,11,19H,3-4,7,9-10H2,1H3,(H2,17,18,20). The molecule has 2 rings (SSSR count). The molecule has 0 aliphatic heterocycles. The topological polar surface area (TPSA) is 61.4 Å². The Hall–Kier alpha value is -1.62. The van der Waals surface area contributed by atoms with Crippen LogP contribution in [0, 0.1) is 11.7 Å². The number of halogens is 1. The van der Waals surface area contributed by atoms with Gasteiger partial charge in [-0.3, -0.25) is 0 Å². The number of benzene rings is 1. The van der Waals surface area contributed by atoms with Gasteiger partial charge in [-0.05, 0) is 37.0 Å². The molecule has 0 heterocycles. The fourth-order valence-corrected chi connectivity index (χ4v) is 2.93. The van der Waals surface area contributed by atoms with Gasteiger partial charge >= 0.3 is 6.03 Å². The quantitative estimate of drug-likeness (QED) is 0.797. The molecule has 1 aliphatic carbocycles. The fourth-order valence-electron chi connectivity index (χ4n) is 2.93. The molecule has 2 unspecified atom stereocenters. The normalized spacial score (nSPS) is 26.1. The highest BCUT2D eigenvalue weighted by Gasteiger charge is 2.35. The average molecular weight is 280 g/mol. The van der Waals surface area contributed by atoms with Crippen molar-refractivity contribution in [3.8, 4) is 0 Å². The third-order valence-corrected chi connectivity index (χ3v) is 3.86. The minimum atomic E-state index is -0.560. The predicted octanol–water partition coefficient (Wildman–Crippen LogP) is 2.89. The Morgan fingerprint density at radius 1 is 1.55 bits per heavy atom. The summed E-state index contributed by atoms with van der Waals surface area (Å²) in [4.78, 5) is 12.0. The maximum atomic E-state index is 13.1. The van der Waals surface area contributed by atoms with Gasteiger partial charge in [0.05, 0.1) is 12.1 Å². The van der Waals surface area contributed by atoms with Crippen molar-refractivity contribution in [1.82, 2.24) is 5.32 Å². The number of nitrogens with one attached hydrogen (secondary N) is 2. The number of hydrogen-bond acceptors (Lipinski definition) is 2. The Morgan fingerprint density at radius 3 is 3.00 bits per heavy atom. The van der Waals surface area contributed by atoms with Gasteiger partial charge in [-0.25, -0.2) is 9.18 Å². The molecule has 2 atom stereocenters. The number of amides is 2. The van der Waals surface area contributed by atoms with Crippen molar-refractivity contribution in [2.75, 3.05) is 11.9 Å². The lowest BCUT2D eigenvalue weighted by molar-refractivity contribution is 0.108. The van der Waals surface area contributed by atoms with Crippen molar-refractivity contribution in [1.29, 1.82) is 0 Å². The largest absolute Gasteiger partial charge is 0.394 e. The van der Waals surface area contributed by atoms with E-state index in [1.165, 1.54) is 18.2 Å². The van der Waals surface area contributed by atoms with E-state index in [0.29, 0.717) is 11.6 Å². The van der Waals surface area contributed by atoms with Gasteiger partial charge in [-0.15, -0.1) is 0 Å². The van der Waals surface area contributed by atoms with Gasteiger partial charge < -0.3 is 15.7 Å². The minimum Gasteiger partial charge on any atom is -0.394 e. The molecule has 0 saturated heterocycles. The molecule has 20 heavy (non-hydrogen) atoms. The number of aliphatic hydroxyl groups excluding tert-OH is 1. The van der Waals surface area contributed by atoms with E-state index >= 15 is 0 Å². The highest BCUT2D eigenvalue weighted by molar-refractivity contribution is 5.89. The Kier molecular flexibility index (Phi) is 4.60. The SMILES string of the molecule is CC1CCCC(CO)(NC(=O)Nc2cccc(F)c2)C1. The molecular weight excluding hydrogens is 259 g/mol. The molecule has 2 amide bonds. The summed E-state index contributed by atoms with van der Waals surface area (Å²) in [7, 11) is 0. The van der Waals surface area contributed by atoms with E-state index in [-0.39, 0.29) is 6.61 Å². The van der Waals surface area contributed by atoms with Gasteiger partial charge in [-0.1, -0.05) is 25.8 Å². The van der Waals surface area contributed by atoms with Crippen LogP contribution in [-0.4, -0.2) is 23.3 Å². The molecule has 0 radical (unpaired) electrons. The Balaban J connectivity index is 1.99. The zero-order chi connectivity index (χ0) is 14.6. The highest BCUT2D eigenvalue weighted by atomic mass is 19.1. The number of rotatable bonds is 3. The van der Waals surface area contributed by atoms with E-state index < -0.39 is 17.4 Å². The first-order valence-electron chi connectivity index (χ1n) is 6.99. The van der Waals surface area contributed by atoms with Gasteiger partial charge in [0.25, 0.3) is 0 Å². The van der Waals surface area contributed by atoms with Crippen LogP contribution in [0.5, 0.6) is 0 Å².